The lowest BCUT2D eigenvalue weighted by atomic mass is 10.0. The number of likely N-dealkylation sites (N-methyl/N-ethyl adjacent to an activating group) is 1. The van der Waals surface area contributed by atoms with Gasteiger partial charge < -0.3 is 10.2 Å². The molecule has 0 spiro atoms. The summed E-state index contributed by atoms with van der Waals surface area (Å²) in [6, 6.07) is 10.2. The van der Waals surface area contributed by atoms with Gasteiger partial charge in [-0.2, -0.15) is 5.10 Å². The van der Waals surface area contributed by atoms with Crippen LogP contribution in [0.5, 0.6) is 0 Å². The van der Waals surface area contributed by atoms with Gasteiger partial charge in [0.15, 0.2) is 0 Å². The first kappa shape index (κ1) is 17.2. The molecule has 0 bridgehead atoms. The molecular weight excluding hydrogens is 288 g/mol. The number of carbonyl (C=O) groups excluding carboxylic acids is 1. The van der Waals surface area contributed by atoms with E-state index in [1.54, 1.807) is 6.20 Å². The summed E-state index contributed by atoms with van der Waals surface area (Å²) < 4.78 is 1.94. The molecule has 0 saturated heterocycles. The zero-order valence-corrected chi connectivity index (χ0v) is 14.5. The first-order valence-electron chi connectivity index (χ1n) is 8.16. The molecule has 0 saturated carbocycles. The van der Waals surface area contributed by atoms with Gasteiger partial charge in [0.25, 0.3) is 5.91 Å². The van der Waals surface area contributed by atoms with Gasteiger partial charge in [0.2, 0.25) is 0 Å². The lowest BCUT2D eigenvalue weighted by Gasteiger charge is -2.13. The molecule has 1 aromatic carbocycles. The Morgan fingerprint density at radius 1 is 1.26 bits per heavy atom. The van der Waals surface area contributed by atoms with Gasteiger partial charge >= 0.3 is 0 Å². The molecule has 5 heteroatoms. The highest BCUT2D eigenvalue weighted by atomic mass is 16.1. The second kappa shape index (κ2) is 7.92. The van der Waals surface area contributed by atoms with Crippen LogP contribution in [0.3, 0.4) is 0 Å². The predicted molar refractivity (Wildman–Crippen MR) is 91.9 cm³/mol. The third-order valence-corrected chi connectivity index (χ3v) is 3.76. The Kier molecular flexibility index (Phi) is 5.93. The van der Waals surface area contributed by atoms with Crippen molar-refractivity contribution in [3.63, 3.8) is 0 Å². The predicted octanol–water partition coefficient (Wildman–Crippen LogP) is 0.929. The molecule has 1 aromatic heterocycles. The van der Waals surface area contributed by atoms with E-state index in [1.807, 2.05) is 22.9 Å². The SMILES string of the molecule is CC(C)c1c(C(=O)NCC[NH+](C)C)cnn1Cc1ccccc1. The molecule has 23 heavy (non-hydrogen) atoms. The van der Waals surface area contributed by atoms with Gasteiger partial charge in [0, 0.05) is 0 Å². The van der Waals surface area contributed by atoms with Crippen LogP contribution in [0, 0.1) is 0 Å². The molecule has 1 amide bonds. The van der Waals surface area contributed by atoms with Gasteiger partial charge in [0.1, 0.15) is 0 Å². The Bertz CT molecular complexity index is 632. The van der Waals surface area contributed by atoms with E-state index in [0.717, 1.165) is 12.2 Å². The number of nitrogens with one attached hydrogen (secondary N) is 2. The standard InChI is InChI=1S/C18H26N4O/c1-14(2)17-16(18(23)19-10-11-21(3)4)12-20-22(17)13-15-8-6-5-7-9-15/h5-9,12,14H,10-11,13H2,1-4H3,(H,19,23)/p+1. The minimum atomic E-state index is -0.0331. The maximum absolute atomic E-state index is 12.4. The number of benzene rings is 1. The number of quaternary nitrogens is 1. The molecule has 0 unspecified atom stereocenters. The quantitative estimate of drug-likeness (QED) is 0.799. The lowest BCUT2D eigenvalue weighted by Crippen LogP contribution is -3.06. The molecular formula is C18H27N4O+. The first-order chi connectivity index (χ1) is 11.0. The van der Waals surface area contributed by atoms with E-state index >= 15 is 0 Å². The van der Waals surface area contributed by atoms with Gasteiger partial charge in [-0.3, -0.25) is 9.48 Å². The maximum Gasteiger partial charge on any atom is 0.254 e. The van der Waals surface area contributed by atoms with E-state index in [0.29, 0.717) is 18.7 Å². The highest BCUT2D eigenvalue weighted by molar-refractivity contribution is 5.95. The van der Waals surface area contributed by atoms with Gasteiger partial charge in [0.05, 0.1) is 51.2 Å². The van der Waals surface area contributed by atoms with E-state index in [-0.39, 0.29) is 11.8 Å². The highest BCUT2D eigenvalue weighted by Crippen LogP contribution is 2.20. The third kappa shape index (κ3) is 4.66. The summed E-state index contributed by atoms with van der Waals surface area (Å²) >= 11 is 0. The van der Waals surface area contributed by atoms with Crippen LogP contribution in [0.1, 0.15) is 41.4 Å². The summed E-state index contributed by atoms with van der Waals surface area (Å²) in [6.45, 7) is 6.45. The second-order valence-corrected chi connectivity index (χ2v) is 6.45. The minimum absolute atomic E-state index is 0.0331. The average Bonchev–Trinajstić information content (AvgIpc) is 2.91. The van der Waals surface area contributed by atoms with Crippen LogP contribution in [-0.2, 0) is 6.54 Å². The van der Waals surface area contributed by atoms with E-state index in [2.05, 4.69) is 50.5 Å². The second-order valence-electron chi connectivity index (χ2n) is 6.45. The smallest absolute Gasteiger partial charge is 0.254 e. The zero-order valence-electron chi connectivity index (χ0n) is 14.5. The maximum atomic E-state index is 12.4. The largest absolute Gasteiger partial charge is 0.346 e. The topological polar surface area (TPSA) is 51.4 Å². The molecule has 0 fully saturated rings. The van der Waals surface area contributed by atoms with Crippen molar-refractivity contribution in [1.82, 2.24) is 15.1 Å². The molecule has 124 valence electrons. The van der Waals surface area contributed by atoms with Crippen molar-refractivity contribution in [2.45, 2.75) is 26.3 Å². The molecule has 0 atom stereocenters. The molecule has 0 radical (unpaired) electrons. The minimum Gasteiger partial charge on any atom is -0.346 e. The van der Waals surface area contributed by atoms with Gasteiger partial charge in [-0.05, 0) is 11.5 Å². The van der Waals surface area contributed by atoms with Gasteiger partial charge in [-0.15, -0.1) is 0 Å². The molecule has 0 aliphatic heterocycles. The number of amides is 1. The van der Waals surface area contributed by atoms with Crippen LogP contribution < -0.4 is 10.2 Å². The van der Waals surface area contributed by atoms with Crippen LogP contribution >= 0.6 is 0 Å². The molecule has 1 heterocycles. The van der Waals surface area contributed by atoms with Crippen molar-refractivity contribution in [2.75, 3.05) is 27.2 Å². The van der Waals surface area contributed by atoms with Crippen LogP contribution in [0.15, 0.2) is 36.5 Å². The zero-order chi connectivity index (χ0) is 16.8. The van der Waals surface area contributed by atoms with Crippen molar-refractivity contribution in [2.24, 2.45) is 0 Å². The summed E-state index contributed by atoms with van der Waals surface area (Å²) in [5.74, 6) is 0.204. The monoisotopic (exact) mass is 315 g/mol. The Labute approximate surface area is 138 Å². The number of hydrogen-bond acceptors (Lipinski definition) is 2. The summed E-state index contributed by atoms with van der Waals surface area (Å²) in [4.78, 5) is 13.8. The van der Waals surface area contributed by atoms with Gasteiger partial charge in [-0.1, -0.05) is 44.2 Å². The molecule has 0 aliphatic rings. The Hall–Kier alpha value is -2.14. The third-order valence-electron chi connectivity index (χ3n) is 3.76. The molecule has 2 rings (SSSR count). The fourth-order valence-corrected chi connectivity index (χ4v) is 2.58. The number of carbonyl (C=O) groups is 1. The Morgan fingerprint density at radius 2 is 1.96 bits per heavy atom. The van der Waals surface area contributed by atoms with Crippen molar-refractivity contribution in [3.8, 4) is 0 Å². The lowest BCUT2D eigenvalue weighted by molar-refractivity contribution is -0.856. The van der Waals surface area contributed by atoms with E-state index < -0.39 is 0 Å². The van der Waals surface area contributed by atoms with E-state index in [1.165, 1.54) is 10.5 Å². The van der Waals surface area contributed by atoms with Crippen molar-refractivity contribution in [1.29, 1.82) is 0 Å². The average molecular weight is 315 g/mol. The summed E-state index contributed by atoms with van der Waals surface area (Å²) in [5, 5.41) is 7.44. The Morgan fingerprint density at radius 3 is 2.57 bits per heavy atom. The normalized spacial score (nSPS) is 11.2. The summed E-state index contributed by atoms with van der Waals surface area (Å²) in [7, 11) is 4.15. The number of nitrogens with zero attached hydrogens (tertiary/aromatic N) is 2. The highest BCUT2D eigenvalue weighted by Gasteiger charge is 2.20. The van der Waals surface area contributed by atoms with Crippen LogP contribution in [0.2, 0.25) is 0 Å². The fourth-order valence-electron chi connectivity index (χ4n) is 2.58. The number of aromatic nitrogens is 2. The summed E-state index contributed by atoms with van der Waals surface area (Å²) in [6.07, 6.45) is 1.69. The van der Waals surface area contributed by atoms with E-state index in [9.17, 15) is 4.79 Å². The molecule has 2 N–H and O–H groups in total. The molecule has 2 aromatic rings. The Balaban J connectivity index is 2.16. The van der Waals surface area contributed by atoms with Gasteiger partial charge in [-0.25, -0.2) is 0 Å². The number of hydrogen-bond donors (Lipinski definition) is 2. The van der Waals surface area contributed by atoms with Crippen LogP contribution in [-0.4, -0.2) is 42.9 Å². The van der Waals surface area contributed by atoms with Crippen LogP contribution in [0.4, 0.5) is 0 Å². The van der Waals surface area contributed by atoms with Crippen molar-refractivity contribution < 1.29 is 9.69 Å². The molecule has 0 aliphatic carbocycles. The first-order valence-corrected chi connectivity index (χ1v) is 8.16. The fraction of sp³-hybridized carbons (Fsp3) is 0.444. The number of rotatable bonds is 7. The van der Waals surface area contributed by atoms with Crippen molar-refractivity contribution in [3.05, 3.63) is 53.3 Å². The summed E-state index contributed by atoms with van der Waals surface area (Å²) in [5.41, 5.74) is 2.86. The molecule has 5 nitrogen and oxygen atoms in total. The van der Waals surface area contributed by atoms with E-state index in [4.69, 9.17) is 0 Å². The van der Waals surface area contributed by atoms with Crippen LogP contribution in [0.25, 0.3) is 0 Å². The van der Waals surface area contributed by atoms with Crippen molar-refractivity contribution >= 4 is 5.91 Å².